The summed E-state index contributed by atoms with van der Waals surface area (Å²) >= 11 is 15.0. The van der Waals surface area contributed by atoms with Crippen LogP contribution < -0.4 is 4.90 Å². The topological polar surface area (TPSA) is 46.1 Å². The standard InChI is InChI=1S/C20H15Cl2N3OS2/c1-11-5-6-15-17(12(11)2)24-20(27-15)25(10-13-4-3-7-23-9-13)19(26)14-8-16(21)28-18(14)22/h3-9H,10H2,1-2H3. The molecule has 0 spiro atoms. The van der Waals surface area contributed by atoms with Gasteiger partial charge in [-0.3, -0.25) is 14.7 Å². The zero-order valence-electron chi connectivity index (χ0n) is 15.1. The number of thiophene rings is 1. The molecule has 142 valence electrons. The van der Waals surface area contributed by atoms with E-state index in [2.05, 4.69) is 18.0 Å². The number of carbonyl (C=O) groups excluding carboxylic acids is 1. The molecule has 4 nitrogen and oxygen atoms in total. The number of benzene rings is 1. The summed E-state index contributed by atoms with van der Waals surface area (Å²) in [4.78, 5) is 23.9. The number of anilines is 1. The number of hydrogen-bond donors (Lipinski definition) is 0. The second-order valence-corrected chi connectivity index (χ2v) is 9.64. The van der Waals surface area contributed by atoms with Gasteiger partial charge in [-0.1, -0.05) is 46.7 Å². The monoisotopic (exact) mass is 447 g/mol. The maximum Gasteiger partial charge on any atom is 0.262 e. The van der Waals surface area contributed by atoms with Crippen LogP contribution in [0.3, 0.4) is 0 Å². The maximum atomic E-state index is 13.3. The molecule has 8 heteroatoms. The molecule has 0 saturated carbocycles. The molecule has 1 aromatic carbocycles. The Labute approximate surface area is 180 Å². The Balaban J connectivity index is 1.82. The molecule has 0 aliphatic rings. The molecule has 4 aromatic rings. The number of hydrogen-bond acceptors (Lipinski definition) is 5. The molecule has 0 aliphatic carbocycles. The smallest absolute Gasteiger partial charge is 0.262 e. The van der Waals surface area contributed by atoms with E-state index in [0.717, 1.165) is 21.3 Å². The van der Waals surface area contributed by atoms with Crippen molar-refractivity contribution in [3.8, 4) is 0 Å². The van der Waals surface area contributed by atoms with Crippen LogP contribution in [0.25, 0.3) is 10.2 Å². The van der Waals surface area contributed by atoms with Crippen molar-refractivity contribution in [3.63, 3.8) is 0 Å². The Kier molecular flexibility index (Phi) is 5.38. The highest BCUT2D eigenvalue weighted by Gasteiger charge is 2.25. The van der Waals surface area contributed by atoms with Crippen molar-refractivity contribution in [1.82, 2.24) is 9.97 Å². The number of nitrogens with zero attached hydrogens (tertiary/aromatic N) is 3. The molecular weight excluding hydrogens is 433 g/mol. The highest BCUT2D eigenvalue weighted by molar-refractivity contribution is 7.22. The van der Waals surface area contributed by atoms with E-state index in [0.29, 0.717) is 25.9 Å². The van der Waals surface area contributed by atoms with Crippen LogP contribution in [0.4, 0.5) is 5.13 Å². The molecule has 0 saturated heterocycles. The van der Waals surface area contributed by atoms with E-state index in [1.165, 1.54) is 28.2 Å². The second-order valence-electron chi connectivity index (χ2n) is 6.34. The van der Waals surface area contributed by atoms with Gasteiger partial charge in [0, 0.05) is 12.4 Å². The Bertz CT molecular complexity index is 1170. The average Bonchev–Trinajstić information content (AvgIpc) is 3.26. The first-order valence-electron chi connectivity index (χ1n) is 8.46. The van der Waals surface area contributed by atoms with Crippen molar-refractivity contribution in [1.29, 1.82) is 0 Å². The molecule has 0 radical (unpaired) electrons. The quantitative estimate of drug-likeness (QED) is 0.357. The van der Waals surface area contributed by atoms with Crippen LogP contribution in [-0.2, 0) is 6.54 Å². The summed E-state index contributed by atoms with van der Waals surface area (Å²) in [7, 11) is 0. The Morgan fingerprint density at radius 1 is 1.18 bits per heavy atom. The number of rotatable bonds is 4. The maximum absolute atomic E-state index is 13.3. The lowest BCUT2D eigenvalue weighted by molar-refractivity contribution is 0.0985. The highest BCUT2D eigenvalue weighted by Crippen LogP contribution is 2.36. The van der Waals surface area contributed by atoms with Gasteiger partial charge in [0.15, 0.2) is 5.13 Å². The number of halogens is 2. The lowest BCUT2D eigenvalue weighted by Crippen LogP contribution is -2.30. The van der Waals surface area contributed by atoms with Crippen molar-refractivity contribution in [2.75, 3.05) is 4.90 Å². The van der Waals surface area contributed by atoms with E-state index >= 15 is 0 Å². The third-order valence-electron chi connectivity index (χ3n) is 4.50. The summed E-state index contributed by atoms with van der Waals surface area (Å²) in [5.74, 6) is -0.231. The van der Waals surface area contributed by atoms with Crippen LogP contribution in [0.2, 0.25) is 8.67 Å². The predicted octanol–water partition coefficient (Wildman–Crippen LogP) is 6.52. The van der Waals surface area contributed by atoms with Gasteiger partial charge in [0.2, 0.25) is 0 Å². The number of thiazole rings is 1. The molecule has 0 bridgehead atoms. The fourth-order valence-electron chi connectivity index (χ4n) is 2.86. The molecule has 0 atom stereocenters. The number of amides is 1. The third-order valence-corrected chi connectivity index (χ3v) is 7.03. The van der Waals surface area contributed by atoms with E-state index in [1.54, 1.807) is 23.4 Å². The normalized spacial score (nSPS) is 11.1. The lowest BCUT2D eigenvalue weighted by Gasteiger charge is -2.19. The first kappa shape index (κ1) is 19.3. The van der Waals surface area contributed by atoms with Gasteiger partial charge in [-0.05, 0) is 48.7 Å². The molecule has 0 aliphatic heterocycles. The molecule has 3 aromatic heterocycles. The molecule has 0 fully saturated rings. The summed E-state index contributed by atoms with van der Waals surface area (Å²) in [6.07, 6.45) is 3.44. The van der Waals surface area contributed by atoms with Gasteiger partial charge < -0.3 is 0 Å². The number of fused-ring (bicyclic) bond motifs is 1. The fraction of sp³-hybridized carbons (Fsp3) is 0.150. The van der Waals surface area contributed by atoms with Gasteiger partial charge in [-0.2, -0.15) is 0 Å². The zero-order chi connectivity index (χ0) is 19.8. The van der Waals surface area contributed by atoms with Crippen LogP contribution in [0.5, 0.6) is 0 Å². The number of aryl methyl sites for hydroxylation is 2. The van der Waals surface area contributed by atoms with Gasteiger partial charge in [-0.15, -0.1) is 11.3 Å². The van der Waals surface area contributed by atoms with E-state index < -0.39 is 0 Å². The molecule has 1 amide bonds. The molecular formula is C20H15Cl2N3OS2. The summed E-state index contributed by atoms with van der Waals surface area (Å²) in [5.41, 5.74) is 4.49. The van der Waals surface area contributed by atoms with Crippen molar-refractivity contribution in [2.24, 2.45) is 0 Å². The van der Waals surface area contributed by atoms with Crippen LogP contribution >= 0.6 is 45.9 Å². The van der Waals surface area contributed by atoms with Gasteiger partial charge in [0.25, 0.3) is 5.91 Å². The first-order valence-corrected chi connectivity index (χ1v) is 10.9. The average molecular weight is 448 g/mol. The minimum Gasteiger partial charge on any atom is -0.279 e. The van der Waals surface area contributed by atoms with Gasteiger partial charge in [0.1, 0.15) is 4.34 Å². The van der Waals surface area contributed by atoms with Crippen LogP contribution in [0.1, 0.15) is 27.0 Å². The van der Waals surface area contributed by atoms with Crippen LogP contribution in [0, 0.1) is 13.8 Å². The number of pyridine rings is 1. The molecule has 28 heavy (non-hydrogen) atoms. The van der Waals surface area contributed by atoms with E-state index in [4.69, 9.17) is 28.2 Å². The van der Waals surface area contributed by atoms with Crippen molar-refractivity contribution in [3.05, 3.63) is 73.7 Å². The number of carbonyl (C=O) groups is 1. The summed E-state index contributed by atoms with van der Waals surface area (Å²) < 4.78 is 1.89. The van der Waals surface area contributed by atoms with E-state index in [-0.39, 0.29) is 5.91 Å². The second kappa shape index (κ2) is 7.79. The van der Waals surface area contributed by atoms with E-state index in [1.807, 2.05) is 25.1 Å². The third kappa shape index (κ3) is 3.65. The summed E-state index contributed by atoms with van der Waals surface area (Å²) in [6.45, 7) is 4.44. The SMILES string of the molecule is Cc1ccc2sc(N(Cc3cccnc3)C(=O)c3cc(Cl)sc3Cl)nc2c1C. The van der Waals surface area contributed by atoms with Crippen LogP contribution in [-0.4, -0.2) is 15.9 Å². The minimum atomic E-state index is -0.231. The minimum absolute atomic E-state index is 0.231. The van der Waals surface area contributed by atoms with Gasteiger partial charge in [-0.25, -0.2) is 4.98 Å². The Morgan fingerprint density at radius 2 is 2.00 bits per heavy atom. The van der Waals surface area contributed by atoms with E-state index in [9.17, 15) is 4.79 Å². The fourth-order valence-corrected chi connectivity index (χ4v) is 5.33. The highest BCUT2D eigenvalue weighted by atomic mass is 35.5. The number of aromatic nitrogens is 2. The summed E-state index contributed by atoms with van der Waals surface area (Å²) in [6, 6.07) is 9.49. The molecule has 0 unspecified atom stereocenters. The molecule has 0 N–H and O–H groups in total. The largest absolute Gasteiger partial charge is 0.279 e. The van der Waals surface area contributed by atoms with Gasteiger partial charge >= 0.3 is 0 Å². The Morgan fingerprint density at radius 3 is 2.68 bits per heavy atom. The lowest BCUT2D eigenvalue weighted by atomic mass is 10.1. The Hall–Kier alpha value is -1.99. The first-order chi connectivity index (χ1) is 13.4. The van der Waals surface area contributed by atoms with Crippen LogP contribution in [0.15, 0.2) is 42.7 Å². The predicted molar refractivity (Wildman–Crippen MR) is 118 cm³/mol. The van der Waals surface area contributed by atoms with Gasteiger partial charge in [0.05, 0.1) is 26.7 Å². The summed E-state index contributed by atoms with van der Waals surface area (Å²) in [5, 5.41) is 0.621. The van der Waals surface area contributed by atoms with Crippen molar-refractivity contribution >= 4 is 67.1 Å². The molecule has 3 heterocycles. The van der Waals surface area contributed by atoms with Crippen molar-refractivity contribution < 1.29 is 4.79 Å². The molecule has 4 rings (SSSR count). The zero-order valence-corrected chi connectivity index (χ0v) is 18.2. The van der Waals surface area contributed by atoms with Crippen molar-refractivity contribution in [2.45, 2.75) is 20.4 Å².